The number of hydrogen-bond donors (Lipinski definition) is 1. The molecule has 150 valence electrons. The molecule has 0 radical (unpaired) electrons. The number of nitrogens with zero attached hydrogens (tertiary/aromatic N) is 1. The zero-order chi connectivity index (χ0) is 21.3. The molecule has 1 aliphatic rings. The predicted molar refractivity (Wildman–Crippen MR) is 118 cm³/mol. The quantitative estimate of drug-likeness (QED) is 0.449. The summed E-state index contributed by atoms with van der Waals surface area (Å²) in [4.78, 5) is 38.9. The summed E-state index contributed by atoms with van der Waals surface area (Å²) >= 11 is 3.33. The van der Waals surface area contributed by atoms with Gasteiger partial charge in [-0.2, -0.15) is 0 Å². The molecule has 0 saturated carbocycles. The fourth-order valence-electron chi connectivity index (χ4n) is 3.36. The Balaban J connectivity index is 1.81. The van der Waals surface area contributed by atoms with Gasteiger partial charge in [0, 0.05) is 9.86 Å². The number of benzene rings is 3. The minimum Gasteiger partial charge on any atom is -0.493 e. The van der Waals surface area contributed by atoms with Gasteiger partial charge >= 0.3 is 6.03 Å². The van der Waals surface area contributed by atoms with Crippen molar-refractivity contribution in [2.45, 2.75) is 6.92 Å². The van der Waals surface area contributed by atoms with Crippen LogP contribution in [0.15, 0.2) is 70.7 Å². The first-order valence-corrected chi connectivity index (χ1v) is 10.1. The van der Waals surface area contributed by atoms with Gasteiger partial charge in [0.05, 0.1) is 12.3 Å². The summed E-state index contributed by atoms with van der Waals surface area (Å²) in [6.45, 7) is 2.43. The summed E-state index contributed by atoms with van der Waals surface area (Å²) in [5, 5.41) is 3.95. The molecular formula is C23H17BrN2O4. The van der Waals surface area contributed by atoms with E-state index < -0.39 is 17.8 Å². The Bertz CT molecular complexity index is 1220. The number of rotatable bonds is 4. The lowest BCUT2D eigenvalue weighted by molar-refractivity contribution is -0.122. The van der Waals surface area contributed by atoms with E-state index in [1.807, 2.05) is 31.2 Å². The maximum absolute atomic E-state index is 13.1. The highest BCUT2D eigenvalue weighted by Gasteiger charge is 2.37. The normalized spacial score (nSPS) is 15.6. The van der Waals surface area contributed by atoms with Crippen molar-refractivity contribution in [3.8, 4) is 5.75 Å². The molecule has 3 aromatic rings. The van der Waals surface area contributed by atoms with Crippen LogP contribution in [-0.4, -0.2) is 24.5 Å². The molecule has 30 heavy (non-hydrogen) atoms. The van der Waals surface area contributed by atoms with E-state index in [9.17, 15) is 14.4 Å². The molecular weight excluding hydrogens is 448 g/mol. The number of halogens is 1. The van der Waals surface area contributed by atoms with Crippen molar-refractivity contribution in [1.29, 1.82) is 0 Å². The molecule has 0 aliphatic carbocycles. The van der Waals surface area contributed by atoms with E-state index in [4.69, 9.17) is 4.74 Å². The molecule has 3 aromatic carbocycles. The summed E-state index contributed by atoms with van der Waals surface area (Å²) in [7, 11) is 0. The SMILES string of the molecule is CCOc1ccc(/C=C2\C(=O)NC(=O)N(c3cccc(Br)c3)C2=O)c2ccccc12. The zero-order valence-corrected chi connectivity index (χ0v) is 17.6. The lowest BCUT2D eigenvalue weighted by Gasteiger charge is -2.26. The van der Waals surface area contributed by atoms with Crippen LogP contribution in [0.3, 0.4) is 0 Å². The number of carbonyl (C=O) groups excluding carboxylic acids is 3. The Hall–Kier alpha value is -3.45. The van der Waals surface area contributed by atoms with Crippen LogP contribution >= 0.6 is 15.9 Å². The summed E-state index contributed by atoms with van der Waals surface area (Å²) in [6, 6.07) is 17.2. The molecule has 1 N–H and O–H groups in total. The molecule has 1 heterocycles. The number of urea groups is 1. The smallest absolute Gasteiger partial charge is 0.335 e. The van der Waals surface area contributed by atoms with E-state index in [0.717, 1.165) is 21.4 Å². The van der Waals surface area contributed by atoms with Crippen LogP contribution in [0, 0.1) is 0 Å². The highest BCUT2D eigenvalue weighted by atomic mass is 79.9. The lowest BCUT2D eigenvalue weighted by atomic mass is 10.00. The third kappa shape index (κ3) is 3.59. The highest BCUT2D eigenvalue weighted by Crippen LogP contribution is 2.31. The second-order valence-corrected chi connectivity index (χ2v) is 7.48. The number of fused-ring (bicyclic) bond motifs is 1. The second-order valence-electron chi connectivity index (χ2n) is 6.57. The number of carbonyl (C=O) groups is 3. The van der Waals surface area contributed by atoms with Crippen molar-refractivity contribution >= 4 is 56.3 Å². The van der Waals surface area contributed by atoms with Crippen molar-refractivity contribution < 1.29 is 19.1 Å². The summed E-state index contributed by atoms with van der Waals surface area (Å²) in [5.74, 6) is -0.686. The Kier molecular flexibility index (Phi) is 5.37. The van der Waals surface area contributed by atoms with Gasteiger partial charge in [-0.05, 0) is 48.2 Å². The fourth-order valence-corrected chi connectivity index (χ4v) is 3.75. The van der Waals surface area contributed by atoms with E-state index in [0.29, 0.717) is 22.3 Å². The van der Waals surface area contributed by atoms with Crippen LogP contribution in [-0.2, 0) is 9.59 Å². The number of barbiturate groups is 1. The molecule has 7 heteroatoms. The number of anilines is 1. The van der Waals surface area contributed by atoms with Gasteiger partial charge in [-0.15, -0.1) is 0 Å². The van der Waals surface area contributed by atoms with Gasteiger partial charge < -0.3 is 4.74 Å². The molecule has 1 aliphatic heterocycles. The molecule has 1 fully saturated rings. The molecule has 0 bridgehead atoms. The number of nitrogens with one attached hydrogen (secondary N) is 1. The van der Waals surface area contributed by atoms with E-state index in [-0.39, 0.29) is 5.57 Å². The van der Waals surface area contributed by atoms with Gasteiger partial charge in [-0.25, -0.2) is 9.69 Å². The topological polar surface area (TPSA) is 75.7 Å². The Labute approximate surface area is 181 Å². The zero-order valence-electron chi connectivity index (χ0n) is 16.0. The molecule has 4 rings (SSSR count). The van der Waals surface area contributed by atoms with Crippen LogP contribution in [0.5, 0.6) is 5.75 Å². The van der Waals surface area contributed by atoms with Gasteiger partial charge in [-0.3, -0.25) is 14.9 Å². The van der Waals surface area contributed by atoms with E-state index in [1.54, 1.807) is 36.4 Å². The maximum atomic E-state index is 13.1. The van der Waals surface area contributed by atoms with Crippen molar-refractivity contribution in [2.75, 3.05) is 11.5 Å². The first kappa shape index (κ1) is 19.8. The number of amides is 4. The standard InChI is InChI=1S/C23H17BrN2O4/c1-2-30-20-11-10-14(17-8-3-4-9-18(17)20)12-19-21(27)25-23(29)26(22(19)28)16-7-5-6-15(24)13-16/h3-13H,2H2,1H3,(H,25,27,29)/b19-12+. The molecule has 0 atom stereocenters. The summed E-state index contributed by atoms with van der Waals surface area (Å²) < 4.78 is 6.39. The van der Waals surface area contributed by atoms with Crippen LogP contribution in [0.1, 0.15) is 12.5 Å². The molecule has 0 spiro atoms. The minimum atomic E-state index is -0.781. The largest absolute Gasteiger partial charge is 0.493 e. The number of hydrogen-bond acceptors (Lipinski definition) is 4. The van der Waals surface area contributed by atoms with Gasteiger partial charge in [0.15, 0.2) is 0 Å². The van der Waals surface area contributed by atoms with Gasteiger partial charge in [0.2, 0.25) is 0 Å². The monoisotopic (exact) mass is 464 g/mol. The Morgan fingerprint density at radius 2 is 1.77 bits per heavy atom. The van der Waals surface area contributed by atoms with Gasteiger partial charge in [-0.1, -0.05) is 52.3 Å². The van der Waals surface area contributed by atoms with Gasteiger partial charge in [0.1, 0.15) is 11.3 Å². The predicted octanol–water partition coefficient (Wildman–Crippen LogP) is 4.67. The first-order chi connectivity index (χ1) is 14.5. The van der Waals surface area contributed by atoms with Crippen LogP contribution in [0.25, 0.3) is 16.8 Å². The average Bonchev–Trinajstić information content (AvgIpc) is 2.72. The van der Waals surface area contributed by atoms with Crippen LogP contribution < -0.4 is 15.0 Å². The first-order valence-electron chi connectivity index (χ1n) is 9.31. The van der Waals surface area contributed by atoms with Crippen molar-refractivity contribution in [1.82, 2.24) is 5.32 Å². The third-order valence-electron chi connectivity index (χ3n) is 4.69. The molecule has 0 unspecified atom stereocenters. The lowest BCUT2D eigenvalue weighted by Crippen LogP contribution is -2.54. The van der Waals surface area contributed by atoms with Crippen molar-refractivity contribution in [2.24, 2.45) is 0 Å². The van der Waals surface area contributed by atoms with Gasteiger partial charge in [0.25, 0.3) is 11.8 Å². The van der Waals surface area contributed by atoms with Crippen LogP contribution in [0.2, 0.25) is 0 Å². The third-order valence-corrected chi connectivity index (χ3v) is 5.18. The van der Waals surface area contributed by atoms with Crippen molar-refractivity contribution in [3.63, 3.8) is 0 Å². The number of ether oxygens (including phenoxy) is 1. The van der Waals surface area contributed by atoms with E-state index >= 15 is 0 Å². The van der Waals surface area contributed by atoms with E-state index in [1.165, 1.54) is 6.08 Å². The average molecular weight is 465 g/mol. The molecule has 4 amide bonds. The maximum Gasteiger partial charge on any atom is 0.335 e. The van der Waals surface area contributed by atoms with Crippen molar-refractivity contribution in [3.05, 3.63) is 76.3 Å². The van der Waals surface area contributed by atoms with Crippen LogP contribution in [0.4, 0.5) is 10.5 Å². The Morgan fingerprint density at radius 3 is 2.50 bits per heavy atom. The molecule has 0 aromatic heterocycles. The van der Waals surface area contributed by atoms with E-state index in [2.05, 4.69) is 21.2 Å². The molecule has 1 saturated heterocycles. The summed E-state index contributed by atoms with van der Waals surface area (Å²) in [6.07, 6.45) is 1.51. The highest BCUT2D eigenvalue weighted by molar-refractivity contribution is 9.10. The Morgan fingerprint density at radius 1 is 1.00 bits per heavy atom. The summed E-state index contributed by atoms with van der Waals surface area (Å²) in [5.41, 5.74) is 0.918. The second kappa shape index (κ2) is 8.12. The molecule has 6 nitrogen and oxygen atoms in total. The fraction of sp³-hybridized carbons (Fsp3) is 0.0870. The number of imide groups is 2. The minimum absolute atomic E-state index is 0.121.